The van der Waals surface area contributed by atoms with Crippen LogP contribution >= 0.6 is 0 Å². The molecule has 1 aliphatic heterocycles. The zero-order valence-corrected chi connectivity index (χ0v) is 26.0. The summed E-state index contributed by atoms with van der Waals surface area (Å²) >= 11 is 0. The van der Waals surface area contributed by atoms with E-state index < -0.39 is 11.7 Å². The van der Waals surface area contributed by atoms with E-state index in [1.54, 1.807) is 24.3 Å². The van der Waals surface area contributed by atoms with Crippen LogP contribution in [0.3, 0.4) is 0 Å². The third-order valence-corrected chi connectivity index (χ3v) is 8.90. The molecule has 6 nitrogen and oxygen atoms in total. The molecule has 4 rings (SSSR count). The molecule has 242 valence electrons. The molecule has 0 spiro atoms. The molecule has 3 aromatic carbocycles. The first kappa shape index (κ1) is 34.2. The largest absolute Gasteiger partial charge is 0.466 e. The Kier molecular flexibility index (Phi) is 12.2. The van der Waals surface area contributed by atoms with Gasteiger partial charge in [0.15, 0.2) is 0 Å². The molecule has 1 heterocycles. The third kappa shape index (κ3) is 9.41. The lowest BCUT2D eigenvalue weighted by molar-refractivity contribution is -0.145. The van der Waals surface area contributed by atoms with Gasteiger partial charge in [0, 0.05) is 30.1 Å². The van der Waals surface area contributed by atoms with Crippen LogP contribution in [0.15, 0.2) is 78.9 Å². The molecule has 1 atom stereocenters. The Morgan fingerprint density at radius 2 is 1.58 bits per heavy atom. The highest BCUT2D eigenvalue weighted by molar-refractivity contribution is 6.01. The van der Waals surface area contributed by atoms with Gasteiger partial charge in [-0.3, -0.25) is 9.59 Å². The molecule has 0 bridgehead atoms. The highest BCUT2D eigenvalue weighted by Gasteiger charge is 2.34. The molecular weight excluding hydrogens is 579 g/mol. The second-order valence-corrected chi connectivity index (χ2v) is 11.9. The van der Waals surface area contributed by atoms with Crippen molar-refractivity contribution in [3.8, 4) is 11.1 Å². The Hall–Kier alpha value is -3.69. The third-order valence-electron chi connectivity index (χ3n) is 8.90. The van der Waals surface area contributed by atoms with E-state index >= 15 is 0 Å². The van der Waals surface area contributed by atoms with Crippen molar-refractivity contribution in [1.82, 2.24) is 10.2 Å². The molecule has 1 unspecified atom stereocenters. The second-order valence-electron chi connectivity index (χ2n) is 11.9. The Morgan fingerprint density at radius 3 is 2.22 bits per heavy atom. The van der Waals surface area contributed by atoms with E-state index in [0.717, 1.165) is 69.4 Å². The van der Waals surface area contributed by atoms with Gasteiger partial charge in [-0.2, -0.15) is 13.2 Å². The highest BCUT2D eigenvalue weighted by Crippen LogP contribution is 2.37. The summed E-state index contributed by atoms with van der Waals surface area (Å²) in [5.74, 6) is -0.413. The summed E-state index contributed by atoms with van der Waals surface area (Å²) in [6.45, 7) is 5.55. The molecule has 0 radical (unpaired) electrons. The number of benzene rings is 3. The van der Waals surface area contributed by atoms with Crippen molar-refractivity contribution in [2.45, 2.75) is 69.5 Å². The number of halogens is 3. The number of piperidine rings is 1. The fourth-order valence-electron chi connectivity index (χ4n) is 6.21. The summed E-state index contributed by atoms with van der Waals surface area (Å²) in [5, 5.41) is 3.15. The molecule has 3 N–H and O–H groups in total. The number of hydrogen-bond acceptors (Lipinski definition) is 5. The molecule has 0 saturated carbocycles. The maximum absolute atomic E-state index is 13.3. The quantitative estimate of drug-likeness (QED) is 0.150. The van der Waals surface area contributed by atoms with Crippen LogP contribution in [0.2, 0.25) is 0 Å². The van der Waals surface area contributed by atoms with E-state index in [4.69, 9.17) is 10.5 Å². The van der Waals surface area contributed by atoms with Crippen LogP contribution in [0.5, 0.6) is 0 Å². The van der Waals surface area contributed by atoms with Crippen molar-refractivity contribution < 1.29 is 27.5 Å². The topological polar surface area (TPSA) is 84.7 Å². The number of rotatable bonds is 14. The lowest BCUT2D eigenvalue weighted by Gasteiger charge is -2.35. The van der Waals surface area contributed by atoms with Gasteiger partial charge in [0.05, 0.1) is 18.6 Å². The molecule has 1 amide bonds. The SMILES string of the molecule is CCC(CCCN1CCC(NC(=O)c2ccccc2-c2ccc(C(F)(F)F)cc2)CC1)(CC(=O)OCCCN)c1ccccc1. The van der Waals surface area contributed by atoms with Gasteiger partial charge in [0.25, 0.3) is 5.91 Å². The van der Waals surface area contributed by atoms with Crippen LogP contribution < -0.4 is 11.1 Å². The van der Waals surface area contributed by atoms with Crippen molar-refractivity contribution in [2.24, 2.45) is 5.73 Å². The minimum atomic E-state index is -4.41. The van der Waals surface area contributed by atoms with E-state index in [1.807, 2.05) is 18.2 Å². The van der Waals surface area contributed by atoms with Crippen LogP contribution in [-0.4, -0.2) is 55.6 Å². The molecule has 45 heavy (non-hydrogen) atoms. The number of hydrogen-bond donors (Lipinski definition) is 2. The number of amides is 1. The molecule has 1 aliphatic rings. The minimum Gasteiger partial charge on any atom is -0.466 e. The van der Waals surface area contributed by atoms with E-state index in [9.17, 15) is 22.8 Å². The number of carbonyl (C=O) groups excluding carboxylic acids is 2. The molecular formula is C36H44F3N3O3. The second kappa shape index (κ2) is 16.0. The van der Waals surface area contributed by atoms with Crippen molar-refractivity contribution in [3.05, 3.63) is 95.6 Å². The first-order valence-corrected chi connectivity index (χ1v) is 15.9. The molecule has 3 aromatic rings. The van der Waals surface area contributed by atoms with Gasteiger partial charge in [-0.15, -0.1) is 0 Å². The number of esters is 1. The predicted molar refractivity (Wildman–Crippen MR) is 171 cm³/mol. The van der Waals surface area contributed by atoms with Gasteiger partial charge in [-0.1, -0.05) is 67.6 Å². The van der Waals surface area contributed by atoms with Gasteiger partial charge in [0.2, 0.25) is 0 Å². The smallest absolute Gasteiger partial charge is 0.416 e. The Labute approximate surface area is 264 Å². The molecule has 1 fully saturated rings. The monoisotopic (exact) mass is 623 g/mol. The zero-order valence-electron chi connectivity index (χ0n) is 26.0. The number of nitrogens with zero attached hydrogens (tertiary/aromatic N) is 1. The van der Waals surface area contributed by atoms with Gasteiger partial charge < -0.3 is 20.7 Å². The normalized spacial score (nSPS) is 15.8. The maximum atomic E-state index is 13.3. The summed E-state index contributed by atoms with van der Waals surface area (Å²) in [6, 6.07) is 22.1. The van der Waals surface area contributed by atoms with Crippen molar-refractivity contribution in [3.63, 3.8) is 0 Å². The Morgan fingerprint density at radius 1 is 0.911 bits per heavy atom. The zero-order chi connectivity index (χ0) is 32.3. The van der Waals surface area contributed by atoms with Crippen molar-refractivity contribution in [2.75, 3.05) is 32.8 Å². The molecule has 0 aromatic heterocycles. The predicted octanol–water partition coefficient (Wildman–Crippen LogP) is 6.98. The van der Waals surface area contributed by atoms with Gasteiger partial charge in [-0.25, -0.2) is 0 Å². The lowest BCUT2D eigenvalue weighted by atomic mass is 9.72. The number of nitrogens with two attached hydrogens (primary N) is 1. The van der Waals surface area contributed by atoms with Gasteiger partial charge in [0.1, 0.15) is 0 Å². The van der Waals surface area contributed by atoms with Crippen LogP contribution in [0.25, 0.3) is 11.1 Å². The summed E-state index contributed by atoms with van der Waals surface area (Å²) < 4.78 is 44.6. The summed E-state index contributed by atoms with van der Waals surface area (Å²) in [5.41, 5.74) is 7.29. The van der Waals surface area contributed by atoms with E-state index in [0.29, 0.717) is 42.7 Å². The summed E-state index contributed by atoms with van der Waals surface area (Å²) in [4.78, 5) is 28.5. The molecule has 0 aliphatic carbocycles. The number of nitrogens with one attached hydrogen (secondary N) is 1. The average Bonchev–Trinajstić information content (AvgIpc) is 3.05. The molecule has 1 saturated heterocycles. The van der Waals surface area contributed by atoms with Crippen LogP contribution in [0.1, 0.15) is 73.4 Å². The van der Waals surface area contributed by atoms with Crippen molar-refractivity contribution in [1.29, 1.82) is 0 Å². The summed E-state index contributed by atoms with van der Waals surface area (Å²) in [6.07, 6.45) is 0.791. The lowest BCUT2D eigenvalue weighted by Crippen LogP contribution is -2.45. The molecule has 9 heteroatoms. The fourth-order valence-corrected chi connectivity index (χ4v) is 6.21. The van der Waals surface area contributed by atoms with E-state index in [1.165, 1.54) is 12.1 Å². The summed E-state index contributed by atoms with van der Waals surface area (Å²) in [7, 11) is 0. The number of ether oxygens (including phenoxy) is 1. The van der Waals surface area contributed by atoms with Crippen molar-refractivity contribution >= 4 is 11.9 Å². The first-order valence-electron chi connectivity index (χ1n) is 15.9. The Balaban J connectivity index is 1.31. The Bertz CT molecular complexity index is 1370. The van der Waals surface area contributed by atoms with Gasteiger partial charge in [-0.05, 0) is 86.5 Å². The van der Waals surface area contributed by atoms with E-state index in [2.05, 4.69) is 29.3 Å². The van der Waals surface area contributed by atoms with Crippen LogP contribution in [0.4, 0.5) is 13.2 Å². The first-order chi connectivity index (χ1) is 21.6. The minimum absolute atomic E-state index is 0.0109. The standard InChI is InChI=1S/C36H44F3N3O3/c1-2-35(28-10-4-3-5-11-28,26-33(43)45-25-9-21-40)20-8-22-42-23-18-30(19-24-42)41-34(44)32-13-7-6-12-31(32)27-14-16-29(17-15-27)36(37,38)39/h3-7,10-17,30H,2,8-9,18-26,40H2,1H3,(H,41,44). The highest BCUT2D eigenvalue weighted by atomic mass is 19.4. The fraction of sp³-hybridized carbons (Fsp3) is 0.444. The average molecular weight is 624 g/mol. The van der Waals surface area contributed by atoms with Crippen LogP contribution in [-0.2, 0) is 21.1 Å². The number of alkyl halides is 3. The van der Waals surface area contributed by atoms with Crippen LogP contribution in [0, 0.1) is 0 Å². The van der Waals surface area contributed by atoms with E-state index in [-0.39, 0.29) is 23.3 Å². The van der Waals surface area contributed by atoms with Gasteiger partial charge >= 0.3 is 12.1 Å². The number of likely N-dealkylation sites (tertiary alicyclic amines) is 1. The maximum Gasteiger partial charge on any atom is 0.416 e. The number of carbonyl (C=O) groups is 2.